The Labute approximate surface area is 89.1 Å². The molecular weight excluding hydrogens is 230 g/mol. The van der Waals surface area contributed by atoms with Crippen LogP contribution in [0.1, 0.15) is 17.7 Å². The molecule has 0 atom stereocenters. The molecule has 0 bridgehead atoms. The lowest BCUT2D eigenvalue weighted by Gasteiger charge is -2.09. The molecule has 1 heterocycles. The summed E-state index contributed by atoms with van der Waals surface area (Å²) in [6.45, 7) is 0. The van der Waals surface area contributed by atoms with Crippen LogP contribution >= 0.6 is 23.4 Å². The van der Waals surface area contributed by atoms with Crippen LogP contribution in [0.4, 0.5) is 8.78 Å². The Hall–Kier alpha value is -0.420. The van der Waals surface area contributed by atoms with Gasteiger partial charge in [-0.25, -0.2) is 9.97 Å². The van der Waals surface area contributed by atoms with Gasteiger partial charge in [0.25, 0.3) is 5.92 Å². The lowest BCUT2D eigenvalue weighted by atomic mass is 10.2. The first-order chi connectivity index (χ1) is 6.54. The largest absolute Gasteiger partial charge is 0.290 e. The van der Waals surface area contributed by atoms with Gasteiger partial charge in [0.2, 0.25) is 0 Å². The van der Waals surface area contributed by atoms with Crippen LogP contribution in [0.25, 0.3) is 0 Å². The zero-order valence-electron chi connectivity index (χ0n) is 7.35. The van der Waals surface area contributed by atoms with Crippen LogP contribution in [-0.2, 0) is 12.3 Å². The van der Waals surface area contributed by atoms with Gasteiger partial charge in [-0.05, 0) is 12.7 Å². The van der Waals surface area contributed by atoms with Crippen molar-refractivity contribution in [1.82, 2.24) is 9.97 Å². The van der Waals surface area contributed by atoms with E-state index in [1.54, 1.807) is 6.26 Å². The maximum atomic E-state index is 13.3. The Kier molecular flexibility index (Phi) is 2.39. The number of rotatable bonds is 1. The molecule has 2 nitrogen and oxygen atoms in total. The first kappa shape index (κ1) is 10.1. The minimum atomic E-state index is -2.84. The summed E-state index contributed by atoms with van der Waals surface area (Å²) in [7, 11) is 0. The lowest BCUT2D eigenvalue weighted by Crippen LogP contribution is -2.11. The normalized spacial score (nSPS) is 18.3. The Bertz CT molecular complexity index is 384. The minimum absolute atomic E-state index is 0.163. The predicted octanol–water partition coefficient (Wildman–Crippen LogP) is 2.89. The van der Waals surface area contributed by atoms with Gasteiger partial charge in [0.15, 0.2) is 5.16 Å². The number of hydrogen-bond acceptors (Lipinski definition) is 3. The van der Waals surface area contributed by atoms with Crippen molar-refractivity contribution in [2.24, 2.45) is 0 Å². The molecule has 0 N–H and O–H groups in total. The fraction of sp³-hybridized carbons (Fsp3) is 0.500. The molecule has 0 spiro atoms. The number of nitrogens with zero attached hydrogens (tertiary/aromatic N) is 2. The summed E-state index contributed by atoms with van der Waals surface area (Å²) in [5.41, 5.74) is 0.205. The van der Waals surface area contributed by atoms with Gasteiger partial charge in [0, 0.05) is 12.0 Å². The maximum absolute atomic E-state index is 13.3. The van der Waals surface area contributed by atoms with Crippen molar-refractivity contribution < 1.29 is 8.78 Å². The topological polar surface area (TPSA) is 25.8 Å². The van der Waals surface area contributed by atoms with Crippen molar-refractivity contribution in [1.29, 1.82) is 0 Å². The van der Waals surface area contributed by atoms with Crippen molar-refractivity contribution >= 4 is 23.4 Å². The van der Waals surface area contributed by atoms with Crippen molar-refractivity contribution in [2.75, 3.05) is 6.26 Å². The average Bonchev–Trinajstić information content (AvgIpc) is 2.43. The number of halogens is 3. The molecule has 14 heavy (non-hydrogen) atoms. The van der Waals surface area contributed by atoms with Crippen LogP contribution < -0.4 is 0 Å². The van der Waals surface area contributed by atoms with E-state index in [0.717, 1.165) is 0 Å². The third-order valence-corrected chi connectivity index (χ3v) is 3.01. The fourth-order valence-corrected chi connectivity index (χ4v) is 2.13. The van der Waals surface area contributed by atoms with Crippen molar-refractivity contribution in [2.45, 2.75) is 23.9 Å². The highest BCUT2D eigenvalue weighted by molar-refractivity contribution is 7.98. The summed E-state index contributed by atoms with van der Waals surface area (Å²) in [5, 5.41) is 0.465. The summed E-state index contributed by atoms with van der Waals surface area (Å²) < 4.78 is 26.6. The maximum Gasteiger partial charge on any atom is 0.290 e. The first-order valence-electron chi connectivity index (χ1n) is 4.03. The molecule has 0 aromatic carbocycles. The highest BCUT2D eigenvalue weighted by atomic mass is 35.5. The molecule has 1 aliphatic rings. The Morgan fingerprint density at radius 1 is 1.43 bits per heavy atom. The van der Waals surface area contributed by atoms with E-state index in [1.165, 1.54) is 11.8 Å². The second kappa shape index (κ2) is 3.31. The van der Waals surface area contributed by atoms with E-state index in [-0.39, 0.29) is 23.7 Å². The Balaban J connectivity index is 2.59. The van der Waals surface area contributed by atoms with E-state index < -0.39 is 5.92 Å². The third-order valence-electron chi connectivity index (χ3n) is 2.15. The molecule has 6 heteroatoms. The average molecular weight is 237 g/mol. The highest BCUT2D eigenvalue weighted by Gasteiger charge is 2.42. The van der Waals surface area contributed by atoms with E-state index in [4.69, 9.17) is 11.6 Å². The molecule has 0 amide bonds. The number of thioether (sulfide) groups is 1. The van der Waals surface area contributed by atoms with Crippen LogP contribution in [0, 0.1) is 0 Å². The van der Waals surface area contributed by atoms with E-state index in [9.17, 15) is 8.78 Å². The van der Waals surface area contributed by atoms with Gasteiger partial charge in [-0.2, -0.15) is 8.78 Å². The quantitative estimate of drug-likeness (QED) is 0.426. The number of hydrogen-bond donors (Lipinski definition) is 0. The smallest absolute Gasteiger partial charge is 0.221 e. The standard InChI is InChI=1S/C8H7ClF2N2S/c1-14-7-12-5-4(6(9)13-7)2-3-8(5,10)11/h2-3H2,1H3. The predicted molar refractivity (Wildman–Crippen MR) is 51.0 cm³/mol. The zero-order chi connectivity index (χ0) is 10.3. The van der Waals surface area contributed by atoms with Crippen molar-refractivity contribution in [3.05, 3.63) is 16.4 Å². The van der Waals surface area contributed by atoms with Crippen LogP contribution in [0.5, 0.6) is 0 Å². The molecule has 2 rings (SSSR count). The summed E-state index contributed by atoms with van der Waals surface area (Å²) in [6.07, 6.45) is 1.77. The van der Waals surface area contributed by atoms with Crippen molar-refractivity contribution in [3.8, 4) is 0 Å². The van der Waals surface area contributed by atoms with Crippen LogP contribution in [0.15, 0.2) is 5.16 Å². The van der Waals surface area contributed by atoms with Crippen LogP contribution in [0.2, 0.25) is 5.15 Å². The number of alkyl halides is 2. The van der Waals surface area contributed by atoms with Gasteiger partial charge in [-0.1, -0.05) is 23.4 Å². The number of aromatic nitrogens is 2. The molecule has 0 saturated heterocycles. The SMILES string of the molecule is CSc1nc(Cl)c2c(n1)C(F)(F)CC2. The van der Waals surface area contributed by atoms with Crippen LogP contribution in [-0.4, -0.2) is 16.2 Å². The Morgan fingerprint density at radius 3 is 2.79 bits per heavy atom. The molecule has 0 unspecified atom stereocenters. The molecule has 0 saturated carbocycles. The fourth-order valence-electron chi connectivity index (χ4n) is 1.45. The zero-order valence-corrected chi connectivity index (χ0v) is 8.92. The summed E-state index contributed by atoms with van der Waals surface area (Å²) in [4.78, 5) is 7.72. The molecule has 1 aromatic heterocycles. The molecular formula is C8H7ClF2N2S. The molecule has 0 aliphatic heterocycles. The highest BCUT2D eigenvalue weighted by Crippen LogP contribution is 2.42. The molecule has 0 fully saturated rings. The molecule has 1 aliphatic carbocycles. The second-order valence-corrected chi connectivity index (χ2v) is 4.16. The van der Waals surface area contributed by atoms with Gasteiger partial charge in [0.1, 0.15) is 10.8 Å². The van der Waals surface area contributed by atoms with Crippen molar-refractivity contribution in [3.63, 3.8) is 0 Å². The third kappa shape index (κ3) is 1.48. The molecule has 0 radical (unpaired) electrons. The first-order valence-corrected chi connectivity index (χ1v) is 5.63. The number of fused-ring (bicyclic) bond motifs is 1. The summed E-state index contributed by atoms with van der Waals surface area (Å²) in [5.74, 6) is -2.84. The van der Waals surface area contributed by atoms with E-state index in [1.807, 2.05) is 0 Å². The van der Waals surface area contributed by atoms with E-state index in [0.29, 0.717) is 10.7 Å². The van der Waals surface area contributed by atoms with Gasteiger partial charge in [-0.15, -0.1) is 0 Å². The Morgan fingerprint density at radius 2 is 2.14 bits per heavy atom. The second-order valence-electron chi connectivity index (χ2n) is 3.03. The van der Waals surface area contributed by atoms with Gasteiger partial charge in [0.05, 0.1) is 0 Å². The van der Waals surface area contributed by atoms with Crippen LogP contribution in [0.3, 0.4) is 0 Å². The van der Waals surface area contributed by atoms with Gasteiger partial charge in [-0.3, -0.25) is 0 Å². The monoisotopic (exact) mass is 236 g/mol. The van der Waals surface area contributed by atoms with E-state index >= 15 is 0 Å². The lowest BCUT2D eigenvalue weighted by molar-refractivity contribution is -0.00651. The van der Waals surface area contributed by atoms with Gasteiger partial charge < -0.3 is 0 Å². The minimum Gasteiger partial charge on any atom is -0.221 e. The van der Waals surface area contributed by atoms with E-state index in [2.05, 4.69) is 9.97 Å². The molecule has 76 valence electrons. The summed E-state index contributed by atoms with van der Waals surface area (Å²) >= 11 is 6.99. The summed E-state index contributed by atoms with van der Waals surface area (Å²) in [6, 6.07) is 0. The molecule has 1 aromatic rings. The van der Waals surface area contributed by atoms with Gasteiger partial charge >= 0.3 is 0 Å².